The van der Waals surface area contributed by atoms with Gasteiger partial charge in [-0.05, 0) is 43.7 Å². The molecule has 6 nitrogen and oxygen atoms in total. The third-order valence-corrected chi connectivity index (χ3v) is 3.57. The molecule has 1 unspecified atom stereocenters. The maximum atomic E-state index is 10.7. The van der Waals surface area contributed by atoms with Crippen molar-refractivity contribution in [2.24, 2.45) is 5.73 Å². The van der Waals surface area contributed by atoms with Gasteiger partial charge in [0, 0.05) is 12.4 Å². The molecule has 0 aliphatic heterocycles. The molecule has 0 saturated heterocycles. The minimum atomic E-state index is -0.946. The van der Waals surface area contributed by atoms with Gasteiger partial charge in [-0.25, -0.2) is 0 Å². The van der Waals surface area contributed by atoms with Crippen LogP contribution in [0.2, 0.25) is 0 Å². The van der Waals surface area contributed by atoms with Crippen LogP contribution < -0.4 is 11.1 Å². The molecule has 23 heavy (non-hydrogen) atoms. The molecule has 0 amide bonds. The van der Waals surface area contributed by atoms with Crippen molar-refractivity contribution in [1.82, 2.24) is 15.3 Å². The van der Waals surface area contributed by atoms with Crippen molar-refractivity contribution >= 4 is 5.97 Å². The van der Waals surface area contributed by atoms with E-state index in [2.05, 4.69) is 15.3 Å². The Morgan fingerprint density at radius 1 is 1.09 bits per heavy atom. The van der Waals surface area contributed by atoms with Crippen LogP contribution in [0, 0.1) is 0 Å². The predicted octanol–water partition coefficient (Wildman–Crippen LogP) is 1.74. The maximum Gasteiger partial charge on any atom is 0.320 e. The topological polar surface area (TPSA) is 101 Å². The van der Waals surface area contributed by atoms with E-state index in [0.717, 1.165) is 30.8 Å². The van der Waals surface area contributed by atoms with Gasteiger partial charge in [-0.2, -0.15) is 0 Å². The van der Waals surface area contributed by atoms with Crippen LogP contribution >= 0.6 is 0 Å². The highest BCUT2D eigenvalue weighted by Crippen LogP contribution is 2.17. The fourth-order valence-electron chi connectivity index (χ4n) is 2.31. The molecule has 0 aliphatic rings. The third kappa shape index (κ3) is 5.43. The summed E-state index contributed by atoms with van der Waals surface area (Å²) in [6.07, 6.45) is 5.61. The summed E-state index contributed by atoms with van der Waals surface area (Å²) in [7, 11) is 0. The SMILES string of the molecule is NC(CCCCNC(c1ccccn1)c1ccccn1)C(=O)O. The van der Waals surface area contributed by atoms with Crippen LogP contribution in [0.4, 0.5) is 0 Å². The molecule has 2 aromatic rings. The summed E-state index contributed by atoms with van der Waals surface area (Å²) < 4.78 is 0. The average molecular weight is 314 g/mol. The molecule has 2 heterocycles. The lowest BCUT2D eigenvalue weighted by molar-refractivity contribution is -0.138. The monoisotopic (exact) mass is 314 g/mol. The molecule has 0 bridgehead atoms. The number of carboxylic acid groups (broad SMARTS) is 1. The third-order valence-electron chi connectivity index (χ3n) is 3.57. The van der Waals surface area contributed by atoms with E-state index in [1.807, 2.05) is 36.4 Å². The van der Waals surface area contributed by atoms with E-state index in [0.29, 0.717) is 6.42 Å². The Morgan fingerprint density at radius 3 is 2.17 bits per heavy atom. The van der Waals surface area contributed by atoms with E-state index in [1.165, 1.54) is 0 Å². The normalized spacial score (nSPS) is 12.3. The highest BCUT2D eigenvalue weighted by Gasteiger charge is 2.16. The van der Waals surface area contributed by atoms with Crippen molar-refractivity contribution in [3.63, 3.8) is 0 Å². The van der Waals surface area contributed by atoms with Gasteiger partial charge in [0.05, 0.1) is 17.4 Å². The number of nitrogens with zero attached hydrogens (tertiary/aromatic N) is 2. The lowest BCUT2D eigenvalue weighted by Gasteiger charge is -2.18. The molecule has 2 aromatic heterocycles. The molecular formula is C17H22N4O2. The smallest absolute Gasteiger partial charge is 0.320 e. The first-order valence-corrected chi connectivity index (χ1v) is 7.72. The van der Waals surface area contributed by atoms with E-state index < -0.39 is 12.0 Å². The lowest BCUT2D eigenvalue weighted by Crippen LogP contribution is -2.30. The molecule has 2 rings (SSSR count). The number of carboxylic acids is 1. The molecule has 0 spiro atoms. The van der Waals surface area contributed by atoms with Gasteiger partial charge in [-0.1, -0.05) is 18.6 Å². The predicted molar refractivity (Wildman–Crippen MR) is 87.8 cm³/mol. The van der Waals surface area contributed by atoms with Gasteiger partial charge in [0.2, 0.25) is 0 Å². The van der Waals surface area contributed by atoms with Crippen LogP contribution in [0.5, 0.6) is 0 Å². The van der Waals surface area contributed by atoms with Crippen LogP contribution in [0.1, 0.15) is 36.7 Å². The number of carbonyl (C=O) groups is 1. The molecule has 0 aliphatic carbocycles. The van der Waals surface area contributed by atoms with E-state index in [-0.39, 0.29) is 6.04 Å². The zero-order valence-electron chi connectivity index (χ0n) is 12.9. The number of hydrogen-bond acceptors (Lipinski definition) is 5. The van der Waals surface area contributed by atoms with Crippen molar-refractivity contribution in [2.45, 2.75) is 31.3 Å². The Labute approximate surface area is 135 Å². The van der Waals surface area contributed by atoms with Gasteiger partial charge in [-0.15, -0.1) is 0 Å². The van der Waals surface area contributed by atoms with Crippen molar-refractivity contribution < 1.29 is 9.90 Å². The zero-order chi connectivity index (χ0) is 16.5. The van der Waals surface area contributed by atoms with E-state index in [4.69, 9.17) is 10.8 Å². The molecule has 0 radical (unpaired) electrons. The Morgan fingerprint density at radius 2 is 1.70 bits per heavy atom. The largest absolute Gasteiger partial charge is 0.480 e. The molecule has 1 atom stereocenters. The molecule has 0 aromatic carbocycles. The molecular weight excluding hydrogens is 292 g/mol. The second-order valence-electron chi connectivity index (χ2n) is 5.34. The van der Waals surface area contributed by atoms with Gasteiger partial charge in [-0.3, -0.25) is 14.8 Å². The summed E-state index contributed by atoms with van der Waals surface area (Å²) in [4.78, 5) is 19.5. The van der Waals surface area contributed by atoms with Gasteiger partial charge in [0.1, 0.15) is 6.04 Å². The van der Waals surface area contributed by atoms with Crippen LogP contribution in [-0.4, -0.2) is 33.6 Å². The van der Waals surface area contributed by atoms with Crippen molar-refractivity contribution in [3.05, 3.63) is 60.2 Å². The first-order chi connectivity index (χ1) is 11.2. The first-order valence-electron chi connectivity index (χ1n) is 7.72. The molecule has 122 valence electrons. The van der Waals surface area contributed by atoms with Crippen molar-refractivity contribution in [1.29, 1.82) is 0 Å². The van der Waals surface area contributed by atoms with Crippen molar-refractivity contribution in [3.8, 4) is 0 Å². The quantitative estimate of drug-likeness (QED) is 0.609. The number of unbranched alkanes of at least 4 members (excludes halogenated alkanes) is 1. The second kappa shape index (κ2) is 8.97. The summed E-state index contributed by atoms with van der Waals surface area (Å²) in [5.74, 6) is -0.946. The maximum absolute atomic E-state index is 10.7. The summed E-state index contributed by atoms with van der Waals surface area (Å²) in [6.45, 7) is 0.740. The number of aliphatic carboxylic acids is 1. The molecule has 6 heteroatoms. The zero-order valence-corrected chi connectivity index (χ0v) is 12.9. The van der Waals surface area contributed by atoms with Gasteiger partial charge in [0.25, 0.3) is 0 Å². The number of hydrogen-bond donors (Lipinski definition) is 3. The Hall–Kier alpha value is -2.31. The standard InChI is InChI=1S/C17H22N4O2/c18-13(17(22)23)7-1-4-12-21-16(14-8-2-5-10-19-14)15-9-3-6-11-20-15/h2-3,5-6,8-11,13,16,21H,1,4,7,12,18H2,(H,22,23). The van der Waals surface area contributed by atoms with E-state index in [9.17, 15) is 4.79 Å². The minimum absolute atomic E-state index is 0.0782. The Kier molecular flexibility index (Phi) is 6.65. The minimum Gasteiger partial charge on any atom is -0.480 e. The highest BCUT2D eigenvalue weighted by atomic mass is 16.4. The fourth-order valence-corrected chi connectivity index (χ4v) is 2.31. The number of aromatic nitrogens is 2. The second-order valence-corrected chi connectivity index (χ2v) is 5.34. The first kappa shape index (κ1) is 17.1. The lowest BCUT2D eigenvalue weighted by atomic mass is 10.1. The Balaban J connectivity index is 1.91. The van der Waals surface area contributed by atoms with Gasteiger partial charge < -0.3 is 16.2 Å². The number of nitrogens with two attached hydrogens (primary N) is 1. The van der Waals surface area contributed by atoms with Crippen LogP contribution in [0.15, 0.2) is 48.8 Å². The van der Waals surface area contributed by atoms with E-state index in [1.54, 1.807) is 12.4 Å². The average Bonchev–Trinajstić information content (AvgIpc) is 2.59. The summed E-state index contributed by atoms with van der Waals surface area (Å²) in [6, 6.07) is 10.7. The fraction of sp³-hybridized carbons (Fsp3) is 0.353. The number of pyridine rings is 2. The van der Waals surface area contributed by atoms with Gasteiger partial charge in [0.15, 0.2) is 0 Å². The highest BCUT2D eigenvalue weighted by molar-refractivity contribution is 5.72. The summed E-state index contributed by atoms with van der Waals surface area (Å²) >= 11 is 0. The summed E-state index contributed by atoms with van der Waals surface area (Å²) in [5, 5.41) is 12.2. The van der Waals surface area contributed by atoms with Crippen LogP contribution in [-0.2, 0) is 4.79 Å². The summed E-state index contributed by atoms with van der Waals surface area (Å²) in [5.41, 5.74) is 7.32. The Bertz CT molecular complexity index is 553. The van der Waals surface area contributed by atoms with Crippen LogP contribution in [0.25, 0.3) is 0 Å². The van der Waals surface area contributed by atoms with Crippen molar-refractivity contribution in [2.75, 3.05) is 6.54 Å². The van der Waals surface area contributed by atoms with E-state index >= 15 is 0 Å². The van der Waals surface area contributed by atoms with Gasteiger partial charge >= 0.3 is 5.97 Å². The number of nitrogens with one attached hydrogen (secondary N) is 1. The number of rotatable bonds is 9. The molecule has 0 saturated carbocycles. The molecule has 4 N–H and O–H groups in total. The van der Waals surface area contributed by atoms with Crippen LogP contribution in [0.3, 0.4) is 0 Å². The molecule has 0 fully saturated rings.